The number of nitrogens with one attached hydrogen (secondary N) is 2. The van der Waals surface area contributed by atoms with Crippen molar-refractivity contribution in [2.45, 2.75) is 31.7 Å². The number of aromatic nitrogens is 3. The third-order valence-corrected chi connectivity index (χ3v) is 5.50. The van der Waals surface area contributed by atoms with Gasteiger partial charge in [0.15, 0.2) is 0 Å². The highest BCUT2D eigenvalue weighted by atomic mass is 16.5. The van der Waals surface area contributed by atoms with Crippen LogP contribution in [0.15, 0.2) is 48.5 Å². The number of carbonyl (C=O) groups is 1. The Bertz CT molecular complexity index is 1130. The molecule has 4 rings (SSSR count). The number of hydrogen-bond acceptors (Lipinski definition) is 10. The fraction of sp³-hybridized carbons (Fsp3) is 0.360. The minimum absolute atomic E-state index is 0.130. The van der Waals surface area contributed by atoms with Crippen LogP contribution in [-0.2, 0) is 9.47 Å². The van der Waals surface area contributed by atoms with Gasteiger partial charge in [-0.2, -0.15) is 15.0 Å². The van der Waals surface area contributed by atoms with E-state index in [1.54, 1.807) is 18.2 Å². The summed E-state index contributed by atoms with van der Waals surface area (Å²) in [5.41, 5.74) is 1.91. The second-order valence-electron chi connectivity index (χ2n) is 8.06. The molecule has 1 aliphatic heterocycles. The number of anilines is 3. The summed E-state index contributed by atoms with van der Waals surface area (Å²) in [6, 6.07) is 14.2. The second-order valence-corrected chi connectivity index (χ2v) is 8.06. The molecule has 2 aromatic carbocycles. The predicted molar refractivity (Wildman–Crippen MR) is 130 cm³/mol. The number of benzene rings is 2. The number of esters is 1. The molecular weight excluding hydrogens is 450 g/mol. The molecule has 0 spiro atoms. The van der Waals surface area contributed by atoms with E-state index in [4.69, 9.17) is 14.2 Å². The first-order valence-corrected chi connectivity index (χ1v) is 11.6. The molecule has 4 bridgehead atoms. The number of ether oxygens (including phenoxy) is 3. The number of fused-ring (bicyclic) bond motifs is 4. The Labute approximate surface area is 203 Å². The third-order valence-electron chi connectivity index (χ3n) is 5.50. The molecule has 1 aliphatic rings. The highest BCUT2D eigenvalue weighted by Gasteiger charge is 2.17. The average molecular weight is 480 g/mol. The lowest BCUT2D eigenvalue weighted by atomic mass is 10.1. The van der Waals surface area contributed by atoms with Crippen LogP contribution in [0.5, 0.6) is 11.8 Å². The largest absolute Gasteiger partial charge is 0.493 e. The van der Waals surface area contributed by atoms with Crippen molar-refractivity contribution < 1.29 is 24.1 Å². The van der Waals surface area contributed by atoms with Crippen molar-refractivity contribution >= 4 is 23.6 Å². The number of nitrogens with zero attached hydrogens (tertiary/aromatic N) is 3. The lowest BCUT2D eigenvalue weighted by Crippen LogP contribution is -2.19. The molecule has 2 heterocycles. The standard InChI is InChI=1S/C25H29N5O5/c1-33-22(31)19-12-11-18-15-21(19)35-14-8-3-2-7-13-34-16-20(17-9-5-4-6-10-17)27-24-28-23(26-18)29-25(32)30-24/h4-6,9-12,15,20H,2-3,7-8,13-14,16H2,1H3,(H3,26,27,28,29,30,32). The van der Waals surface area contributed by atoms with E-state index in [2.05, 4.69) is 25.6 Å². The van der Waals surface area contributed by atoms with Crippen LogP contribution in [0.25, 0.3) is 0 Å². The van der Waals surface area contributed by atoms with Gasteiger partial charge in [0.05, 0.1) is 26.4 Å². The summed E-state index contributed by atoms with van der Waals surface area (Å²) in [5.74, 6) is 0.237. The monoisotopic (exact) mass is 479 g/mol. The number of rotatable bonds is 2. The molecule has 0 aliphatic carbocycles. The Kier molecular flexibility index (Phi) is 8.29. The van der Waals surface area contributed by atoms with E-state index in [0.29, 0.717) is 36.8 Å². The molecule has 0 radical (unpaired) electrons. The molecule has 10 nitrogen and oxygen atoms in total. The van der Waals surface area contributed by atoms with Crippen LogP contribution in [0.2, 0.25) is 0 Å². The maximum atomic E-state index is 12.2. The topological polar surface area (TPSA) is 128 Å². The molecular formula is C25H29N5O5. The number of methoxy groups -OCH3 is 1. The average Bonchev–Trinajstić information content (AvgIpc) is 2.86. The molecule has 0 amide bonds. The van der Waals surface area contributed by atoms with E-state index in [9.17, 15) is 9.90 Å². The molecule has 0 saturated carbocycles. The van der Waals surface area contributed by atoms with Gasteiger partial charge < -0.3 is 30.0 Å². The molecule has 10 heteroatoms. The molecule has 0 saturated heterocycles. The summed E-state index contributed by atoms with van der Waals surface area (Å²) in [5, 5.41) is 16.4. The molecule has 184 valence electrons. The van der Waals surface area contributed by atoms with E-state index in [1.807, 2.05) is 30.3 Å². The van der Waals surface area contributed by atoms with Crippen LogP contribution >= 0.6 is 0 Å². The maximum Gasteiger partial charge on any atom is 0.341 e. The Morgan fingerprint density at radius 3 is 2.57 bits per heavy atom. The minimum Gasteiger partial charge on any atom is -0.493 e. The van der Waals surface area contributed by atoms with E-state index < -0.39 is 12.0 Å². The summed E-state index contributed by atoms with van der Waals surface area (Å²) in [6.45, 7) is 1.50. The summed E-state index contributed by atoms with van der Waals surface area (Å²) < 4.78 is 16.7. The van der Waals surface area contributed by atoms with E-state index in [-0.39, 0.29) is 17.9 Å². The molecule has 0 fully saturated rings. The van der Waals surface area contributed by atoms with Crippen molar-refractivity contribution in [1.29, 1.82) is 0 Å². The highest BCUT2D eigenvalue weighted by molar-refractivity contribution is 5.93. The third kappa shape index (κ3) is 6.80. The van der Waals surface area contributed by atoms with E-state index >= 15 is 0 Å². The smallest absolute Gasteiger partial charge is 0.341 e. The first kappa shape index (κ1) is 24.2. The van der Waals surface area contributed by atoms with Crippen LogP contribution in [0.4, 0.5) is 17.6 Å². The second kappa shape index (κ2) is 12.0. The van der Waals surface area contributed by atoms with Gasteiger partial charge in [-0.25, -0.2) is 4.79 Å². The van der Waals surface area contributed by atoms with Gasteiger partial charge in [0.25, 0.3) is 0 Å². The van der Waals surface area contributed by atoms with Crippen molar-refractivity contribution in [2.24, 2.45) is 0 Å². The van der Waals surface area contributed by atoms with Gasteiger partial charge in [-0.3, -0.25) is 0 Å². The predicted octanol–water partition coefficient (Wildman–Crippen LogP) is 4.23. The van der Waals surface area contributed by atoms with Gasteiger partial charge in [-0.15, -0.1) is 0 Å². The lowest BCUT2D eigenvalue weighted by molar-refractivity contribution is 0.0596. The summed E-state index contributed by atoms with van der Waals surface area (Å²) in [6.07, 6.45) is 3.75. The van der Waals surface area contributed by atoms with Crippen LogP contribution in [0.1, 0.15) is 47.6 Å². The van der Waals surface area contributed by atoms with Crippen LogP contribution in [-0.4, -0.2) is 53.0 Å². The van der Waals surface area contributed by atoms with Crippen LogP contribution in [0, 0.1) is 0 Å². The minimum atomic E-state index is -0.484. The van der Waals surface area contributed by atoms with Gasteiger partial charge in [0.2, 0.25) is 11.9 Å². The first-order chi connectivity index (χ1) is 17.1. The normalized spacial score (nSPS) is 17.0. The van der Waals surface area contributed by atoms with Crippen molar-refractivity contribution in [2.75, 3.05) is 37.6 Å². The van der Waals surface area contributed by atoms with Crippen molar-refractivity contribution in [1.82, 2.24) is 15.0 Å². The molecule has 1 unspecified atom stereocenters. The van der Waals surface area contributed by atoms with E-state index in [1.165, 1.54) is 7.11 Å². The summed E-state index contributed by atoms with van der Waals surface area (Å²) >= 11 is 0. The Balaban J connectivity index is 1.64. The zero-order chi connectivity index (χ0) is 24.5. The molecule has 35 heavy (non-hydrogen) atoms. The quantitative estimate of drug-likeness (QED) is 0.459. The van der Waals surface area contributed by atoms with Gasteiger partial charge in [0, 0.05) is 18.4 Å². The number of hydrogen-bond donors (Lipinski definition) is 3. The Hall–Kier alpha value is -3.92. The van der Waals surface area contributed by atoms with Crippen molar-refractivity contribution in [3.8, 4) is 11.8 Å². The first-order valence-electron chi connectivity index (χ1n) is 11.6. The Morgan fingerprint density at radius 2 is 1.77 bits per heavy atom. The van der Waals surface area contributed by atoms with Crippen molar-refractivity contribution in [3.05, 3.63) is 59.7 Å². The number of carbonyl (C=O) groups excluding carboxylic acids is 1. The molecule has 3 N–H and O–H groups in total. The number of aromatic hydroxyl groups is 1. The molecule has 3 aromatic rings. The zero-order valence-electron chi connectivity index (χ0n) is 19.6. The fourth-order valence-corrected chi connectivity index (χ4v) is 3.72. The van der Waals surface area contributed by atoms with Gasteiger partial charge in [0.1, 0.15) is 11.3 Å². The zero-order valence-corrected chi connectivity index (χ0v) is 19.6. The SMILES string of the molecule is COC(=O)c1ccc2cc1OCCCCCCOCC(c1ccccc1)Nc1nc(O)nc(n1)N2. The van der Waals surface area contributed by atoms with Gasteiger partial charge in [-0.1, -0.05) is 36.8 Å². The summed E-state index contributed by atoms with van der Waals surface area (Å²) in [7, 11) is 1.33. The summed E-state index contributed by atoms with van der Waals surface area (Å²) in [4.78, 5) is 24.6. The highest BCUT2D eigenvalue weighted by Crippen LogP contribution is 2.27. The maximum absolute atomic E-state index is 12.2. The van der Waals surface area contributed by atoms with E-state index in [0.717, 1.165) is 31.2 Å². The molecule has 1 atom stereocenters. The molecule has 1 aromatic heterocycles. The van der Waals surface area contributed by atoms with Crippen LogP contribution in [0.3, 0.4) is 0 Å². The lowest BCUT2D eigenvalue weighted by Gasteiger charge is -2.20. The van der Waals surface area contributed by atoms with Crippen LogP contribution < -0.4 is 15.4 Å². The Morgan fingerprint density at radius 1 is 1.00 bits per heavy atom. The fourth-order valence-electron chi connectivity index (χ4n) is 3.72. The van der Waals surface area contributed by atoms with Crippen molar-refractivity contribution in [3.63, 3.8) is 0 Å². The van der Waals surface area contributed by atoms with Gasteiger partial charge >= 0.3 is 12.0 Å². The van der Waals surface area contributed by atoms with Gasteiger partial charge in [-0.05, 0) is 37.0 Å².